The molecule has 1 amide bonds. The molecule has 1 unspecified atom stereocenters. The zero-order valence-electron chi connectivity index (χ0n) is 11.6. The van der Waals surface area contributed by atoms with E-state index >= 15 is 0 Å². The molecule has 1 atom stereocenters. The van der Waals surface area contributed by atoms with E-state index in [0.29, 0.717) is 19.7 Å². The molecule has 0 aromatic carbocycles. The van der Waals surface area contributed by atoms with Crippen LogP contribution in [-0.2, 0) is 16.1 Å². The first-order chi connectivity index (χ1) is 9.16. The molecule has 1 saturated heterocycles. The SMILES string of the molecule is Cc1cc(C)n(CCCNC(=O)C2CNCCO2)n1. The van der Waals surface area contributed by atoms with Crippen molar-refractivity contribution in [2.24, 2.45) is 0 Å². The van der Waals surface area contributed by atoms with Crippen LogP contribution < -0.4 is 10.6 Å². The molecule has 0 bridgehead atoms. The number of morpholine rings is 1. The Bertz CT molecular complexity index is 424. The smallest absolute Gasteiger partial charge is 0.250 e. The molecular formula is C13H22N4O2. The summed E-state index contributed by atoms with van der Waals surface area (Å²) in [5.74, 6) is -0.0273. The van der Waals surface area contributed by atoms with Crippen LogP contribution >= 0.6 is 0 Å². The summed E-state index contributed by atoms with van der Waals surface area (Å²) in [4.78, 5) is 11.8. The van der Waals surface area contributed by atoms with Gasteiger partial charge in [0.1, 0.15) is 6.10 Å². The molecule has 0 radical (unpaired) electrons. The minimum Gasteiger partial charge on any atom is -0.366 e. The Hall–Kier alpha value is -1.40. The standard InChI is InChI=1S/C13H22N4O2/c1-10-8-11(2)17(16-10)6-3-4-15-13(18)12-9-14-5-7-19-12/h8,12,14H,3-7,9H2,1-2H3,(H,15,18). The van der Waals surface area contributed by atoms with Crippen LogP contribution in [0.5, 0.6) is 0 Å². The zero-order valence-corrected chi connectivity index (χ0v) is 11.6. The van der Waals surface area contributed by atoms with Crippen molar-refractivity contribution in [3.63, 3.8) is 0 Å². The topological polar surface area (TPSA) is 68.2 Å². The molecule has 0 spiro atoms. The number of carbonyl (C=O) groups is 1. The van der Waals surface area contributed by atoms with Crippen LogP contribution in [0.25, 0.3) is 0 Å². The number of hydrogen-bond donors (Lipinski definition) is 2. The van der Waals surface area contributed by atoms with E-state index in [9.17, 15) is 4.79 Å². The third-order valence-electron chi connectivity index (χ3n) is 3.17. The minimum atomic E-state index is -0.345. The molecular weight excluding hydrogens is 244 g/mol. The van der Waals surface area contributed by atoms with Gasteiger partial charge in [0.05, 0.1) is 12.3 Å². The second kappa shape index (κ2) is 6.68. The number of aryl methyl sites for hydroxylation is 3. The Morgan fingerprint density at radius 1 is 1.63 bits per heavy atom. The number of aromatic nitrogens is 2. The lowest BCUT2D eigenvalue weighted by Gasteiger charge is -2.22. The van der Waals surface area contributed by atoms with Crippen molar-refractivity contribution in [3.8, 4) is 0 Å². The molecule has 1 aromatic rings. The van der Waals surface area contributed by atoms with Crippen molar-refractivity contribution in [1.82, 2.24) is 20.4 Å². The first-order valence-corrected chi connectivity index (χ1v) is 6.78. The molecule has 2 rings (SSSR count). The highest BCUT2D eigenvalue weighted by Crippen LogP contribution is 2.02. The van der Waals surface area contributed by atoms with Gasteiger partial charge in [-0.2, -0.15) is 5.10 Å². The van der Waals surface area contributed by atoms with Gasteiger partial charge in [-0.05, 0) is 26.3 Å². The summed E-state index contributed by atoms with van der Waals surface area (Å²) in [5.41, 5.74) is 2.19. The van der Waals surface area contributed by atoms with Crippen LogP contribution in [0.15, 0.2) is 6.07 Å². The van der Waals surface area contributed by atoms with E-state index in [4.69, 9.17) is 4.74 Å². The maximum Gasteiger partial charge on any atom is 0.250 e. The fourth-order valence-electron chi connectivity index (χ4n) is 2.19. The third-order valence-corrected chi connectivity index (χ3v) is 3.17. The van der Waals surface area contributed by atoms with Gasteiger partial charge >= 0.3 is 0 Å². The normalized spacial score (nSPS) is 19.4. The minimum absolute atomic E-state index is 0.0273. The third kappa shape index (κ3) is 4.04. The Balaban J connectivity index is 1.66. The highest BCUT2D eigenvalue weighted by molar-refractivity contribution is 5.81. The second-order valence-corrected chi connectivity index (χ2v) is 4.86. The molecule has 6 nitrogen and oxygen atoms in total. The number of nitrogens with one attached hydrogen (secondary N) is 2. The van der Waals surface area contributed by atoms with Crippen molar-refractivity contribution in [2.75, 3.05) is 26.2 Å². The molecule has 2 heterocycles. The van der Waals surface area contributed by atoms with Crippen LogP contribution in [0.1, 0.15) is 17.8 Å². The fraction of sp³-hybridized carbons (Fsp3) is 0.692. The molecule has 1 fully saturated rings. The number of rotatable bonds is 5. The van der Waals surface area contributed by atoms with Crippen molar-refractivity contribution in [3.05, 3.63) is 17.5 Å². The van der Waals surface area contributed by atoms with Gasteiger partial charge in [0, 0.05) is 31.9 Å². The van der Waals surface area contributed by atoms with Crippen molar-refractivity contribution < 1.29 is 9.53 Å². The number of nitrogens with zero attached hydrogens (tertiary/aromatic N) is 2. The zero-order chi connectivity index (χ0) is 13.7. The highest BCUT2D eigenvalue weighted by atomic mass is 16.5. The van der Waals surface area contributed by atoms with Gasteiger partial charge in [-0.1, -0.05) is 0 Å². The molecule has 2 N–H and O–H groups in total. The van der Waals surface area contributed by atoms with Crippen LogP contribution in [0.4, 0.5) is 0 Å². The number of amides is 1. The summed E-state index contributed by atoms with van der Waals surface area (Å²) < 4.78 is 7.36. The van der Waals surface area contributed by atoms with Gasteiger partial charge in [0.2, 0.25) is 5.91 Å². The Labute approximate surface area is 113 Å². The average Bonchev–Trinajstić information content (AvgIpc) is 2.74. The molecule has 1 aromatic heterocycles. The van der Waals surface area contributed by atoms with Gasteiger partial charge in [-0.15, -0.1) is 0 Å². The molecule has 6 heteroatoms. The molecule has 0 saturated carbocycles. The number of hydrogen-bond acceptors (Lipinski definition) is 4. The Kier molecular flexibility index (Phi) is 4.93. The monoisotopic (exact) mass is 266 g/mol. The van der Waals surface area contributed by atoms with Crippen LogP contribution in [0.3, 0.4) is 0 Å². The molecule has 1 aliphatic heterocycles. The summed E-state index contributed by atoms with van der Waals surface area (Å²) in [6.45, 7) is 7.52. The first kappa shape index (κ1) is 14.0. The van der Waals surface area contributed by atoms with E-state index in [2.05, 4.69) is 21.8 Å². The van der Waals surface area contributed by atoms with Crippen molar-refractivity contribution in [2.45, 2.75) is 32.9 Å². The summed E-state index contributed by atoms with van der Waals surface area (Å²) in [5, 5.41) is 10.4. The lowest BCUT2D eigenvalue weighted by atomic mass is 10.3. The molecule has 0 aliphatic carbocycles. The average molecular weight is 266 g/mol. The predicted molar refractivity (Wildman–Crippen MR) is 71.9 cm³/mol. The van der Waals surface area contributed by atoms with E-state index in [1.807, 2.05) is 18.5 Å². The summed E-state index contributed by atoms with van der Waals surface area (Å²) in [6.07, 6.45) is 0.524. The van der Waals surface area contributed by atoms with Gasteiger partial charge in [0.15, 0.2) is 0 Å². The van der Waals surface area contributed by atoms with Gasteiger partial charge in [-0.3, -0.25) is 9.48 Å². The van der Waals surface area contributed by atoms with Gasteiger partial charge in [-0.25, -0.2) is 0 Å². The lowest BCUT2D eigenvalue weighted by molar-refractivity contribution is -0.134. The quantitative estimate of drug-likeness (QED) is 0.736. The van der Waals surface area contributed by atoms with Crippen molar-refractivity contribution >= 4 is 5.91 Å². The predicted octanol–water partition coefficient (Wildman–Crippen LogP) is -0.00536. The Morgan fingerprint density at radius 2 is 2.47 bits per heavy atom. The molecule has 1 aliphatic rings. The Morgan fingerprint density at radius 3 is 3.11 bits per heavy atom. The van der Waals surface area contributed by atoms with Crippen LogP contribution in [-0.4, -0.2) is 48.0 Å². The highest BCUT2D eigenvalue weighted by Gasteiger charge is 2.20. The van der Waals surface area contributed by atoms with Crippen LogP contribution in [0.2, 0.25) is 0 Å². The van der Waals surface area contributed by atoms with E-state index in [-0.39, 0.29) is 12.0 Å². The summed E-state index contributed by atoms with van der Waals surface area (Å²) >= 11 is 0. The molecule has 19 heavy (non-hydrogen) atoms. The second-order valence-electron chi connectivity index (χ2n) is 4.86. The number of ether oxygens (including phenoxy) is 1. The van der Waals surface area contributed by atoms with Gasteiger partial charge in [0.25, 0.3) is 0 Å². The first-order valence-electron chi connectivity index (χ1n) is 6.78. The van der Waals surface area contributed by atoms with Crippen molar-refractivity contribution in [1.29, 1.82) is 0 Å². The van der Waals surface area contributed by atoms with Gasteiger partial charge < -0.3 is 15.4 Å². The van der Waals surface area contributed by atoms with E-state index in [1.54, 1.807) is 0 Å². The summed E-state index contributed by atoms with van der Waals surface area (Å²) in [6, 6.07) is 2.06. The van der Waals surface area contributed by atoms with E-state index in [0.717, 1.165) is 30.9 Å². The number of carbonyl (C=O) groups excluding carboxylic acids is 1. The molecule has 106 valence electrons. The van der Waals surface area contributed by atoms with Crippen LogP contribution in [0, 0.1) is 13.8 Å². The largest absolute Gasteiger partial charge is 0.366 e. The maximum absolute atomic E-state index is 11.8. The maximum atomic E-state index is 11.8. The van der Waals surface area contributed by atoms with E-state index < -0.39 is 0 Å². The van der Waals surface area contributed by atoms with E-state index in [1.165, 1.54) is 0 Å². The lowest BCUT2D eigenvalue weighted by Crippen LogP contribution is -2.48. The fourth-order valence-corrected chi connectivity index (χ4v) is 2.19. The summed E-state index contributed by atoms with van der Waals surface area (Å²) in [7, 11) is 0.